The SMILES string of the molecule is C=C[C@H](OC(C)=O)[C@@H]1CC[C@H]1CN1Cc2ccc(Cl)cc2CCCCOc2ccc(C(=O)OC(C)=O)cc21. The summed E-state index contributed by atoms with van der Waals surface area (Å²) in [6.07, 6.45) is 5.97. The number of fused-ring (bicyclic) bond motifs is 2. The van der Waals surface area contributed by atoms with E-state index >= 15 is 0 Å². The number of anilines is 1. The maximum Gasteiger partial charge on any atom is 0.345 e. The molecule has 2 aromatic rings. The monoisotopic (exact) mass is 539 g/mol. The van der Waals surface area contributed by atoms with Gasteiger partial charge in [-0.3, -0.25) is 9.59 Å². The number of hydrogen-bond acceptors (Lipinski definition) is 7. The molecule has 0 spiro atoms. The number of halogens is 1. The van der Waals surface area contributed by atoms with Gasteiger partial charge in [-0.05, 0) is 79.5 Å². The number of nitrogens with zero attached hydrogens (tertiary/aromatic N) is 1. The van der Waals surface area contributed by atoms with Crippen LogP contribution in [-0.4, -0.2) is 37.2 Å². The van der Waals surface area contributed by atoms with Crippen LogP contribution in [0.15, 0.2) is 49.1 Å². The average molecular weight is 540 g/mol. The van der Waals surface area contributed by atoms with E-state index in [1.54, 1.807) is 24.3 Å². The molecule has 4 rings (SSSR count). The van der Waals surface area contributed by atoms with Crippen LogP contribution >= 0.6 is 11.6 Å². The topological polar surface area (TPSA) is 82.1 Å². The van der Waals surface area contributed by atoms with Crippen LogP contribution in [0, 0.1) is 11.8 Å². The minimum Gasteiger partial charge on any atom is -0.491 e. The minimum absolute atomic E-state index is 0.148. The van der Waals surface area contributed by atoms with Gasteiger partial charge in [0.15, 0.2) is 0 Å². The maximum atomic E-state index is 12.6. The number of rotatable bonds is 6. The van der Waals surface area contributed by atoms with Gasteiger partial charge < -0.3 is 19.1 Å². The zero-order chi connectivity index (χ0) is 27.2. The van der Waals surface area contributed by atoms with Crippen molar-refractivity contribution in [1.29, 1.82) is 0 Å². The Bertz CT molecular complexity index is 1210. The molecule has 0 aromatic heterocycles. The molecule has 3 atom stereocenters. The van der Waals surface area contributed by atoms with E-state index in [1.165, 1.54) is 19.4 Å². The molecule has 1 fully saturated rings. The van der Waals surface area contributed by atoms with Crippen molar-refractivity contribution in [3.63, 3.8) is 0 Å². The Kier molecular flexibility index (Phi) is 9.10. The lowest BCUT2D eigenvalue weighted by Gasteiger charge is -2.43. The quantitative estimate of drug-likeness (QED) is 0.256. The molecular formula is C30H34ClNO6. The number of aryl methyl sites for hydroxylation is 1. The highest BCUT2D eigenvalue weighted by molar-refractivity contribution is 6.30. The third-order valence-electron chi connectivity index (χ3n) is 7.29. The van der Waals surface area contributed by atoms with E-state index in [0.29, 0.717) is 30.5 Å². The summed E-state index contributed by atoms with van der Waals surface area (Å²) in [7, 11) is 0. The smallest absolute Gasteiger partial charge is 0.345 e. The Balaban J connectivity index is 1.73. The highest BCUT2D eigenvalue weighted by Crippen LogP contribution is 2.42. The third-order valence-corrected chi connectivity index (χ3v) is 7.52. The Hall–Kier alpha value is -3.32. The lowest BCUT2D eigenvalue weighted by Crippen LogP contribution is -2.44. The van der Waals surface area contributed by atoms with Crippen LogP contribution < -0.4 is 9.64 Å². The first kappa shape index (κ1) is 27.7. The van der Waals surface area contributed by atoms with Crippen LogP contribution in [0.5, 0.6) is 5.75 Å². The van der Waals surface area contributed by atoms with Gasteiger partial charge in [0.2, 0.25) is 0 Å². The van der Waals surface area contributed by atoms with Crippen molar-refractivity contribution in [3.8, 4) is 5.75 Å². The fourth-order valence-corrected chi connectivity index (χ4v) is 5.47. The first-order valence-corrected chi connectivity index (χ1v) is 13.4. The number of esters is 3. The van der Waals surface area contributed by atoms with Crippen molar-refractivity contribution in [2.75, 3.05) is 18.1 Å². The van der Waals surface area contributed by atoms with Gasteiger partial charge in [0.1, 0.15) is 11.9 Å². The highest BCUT2D eigenvalue weighted by atomic mass is 35.5. The second-order valence-electron chi connectivity index (χ2n) is 9.97. The molecule has 1 aliphatic carbocycles. The predicted molar refractivity (Wildman–Crippen MR) is 145 cm³/mol. The average Bonchev–Trinajstić information content (AvgIpc) is 2.88. The largest absolute Gasteiger partial charge is 0.491 e. The van der Waals surface area contributed by atoms with Crippen molar-refractivity contribution in [3.05, 3.63) is 70.8 Å². The zero-order valence-electron chi connectivity index (χ0n) is 21.9. The first-order valence-electron chi connectivity index (χ1n) is 13.1. The molecule has 0 bridgehead atoms. The van der Waals surface area contributed by atoms with Crippen LogP contribution in [0.3, 0.4) is 0 Å². The molecule has 0 amide bonds. The standard InChI is InChI=1S/C30H34ClNO6/c1-4-28(37-19(2)33)26-12-9-24(26)18-32-17-23-8-11-25(31)15-21(23)7-5-6-14-36-29-13-10-22(16-27(29)32)30(35)38-20(3)34/h4,8,10-11,13,15-16,24,26,28H,1,5-7,9,12,14,17-18H2,2-3H3/t24-,26+,28-/m0/s1. The van der Waals surface area contributed by atoms with Gasteiger partial charge in [-0.2, -0.15) is 0 Å². The Labute approximate surface area is 228 Å². The molecule has 1 aliphatic heterocycles. The van der Waals surface area contributed by atoms with Gasteiger partial charge in [0.05, 0.1) is 17.9 Å². The fraction of sp³-hybridized carbons (Fsp3) is 0.433. The number of ether oxygens (including phenoxy) is 3. The van der Waals surface area contributed by atoms with E-state index in [4.69, 9.17) is 25.8 Å². The van der Waals surface area contributed by atoms with Crippen LogP contribution in [0.4, 0.5) is 5.69 Å². The number of carbonyl (C=O) groups is 3. The zero-order valence-corrected chi connectivity index (χ0v) is 22.7. The minimum atomic E-state index is -0.704. The number of carbonyl (C=O) groups excluding carboxylic acids is 3. The van der Waals surface area contributed by atoms with Gasteiger partial charge in [0, 0.05) is 37.9 Å². The first-order chi connectivity index (χ1) is 18.2. The molecule has 0 unspecified atom stereocenters. The van der Waals surface area contributed by atoms with E-state index in [-0.39, 0.29) is 29.5 Å². The number of benzene rings is 2. The summed E-state index contributed by atoms with van der Waals surface area (Å²) in [5.41, 5.74) is 3.36. The Morgan fingerprint density at radius 2 is 1.92 bits per heavy atom. The molecule has 7 nitrogen and oxygen atoms in total. The summed E-state index contributed by atoms with van der Waals surface area (Å²) in [6.45, 7) is 8.26. The van der Waals surface area contributed by atoms with Crippen LogP contribution in [-0.2, 0) is 32.0 Å². The Morgan fingerprint density at radius 3 is 2.61 bits per heavy atom. The molecule has 38 heavy (non-hydrogen) atoms. The summed E-state index contributed by atoms with van der Waals surface area (Å²) in [6, 6.07) is 11.1. The number of hydrogen-bond donors (Lipinski definition) is 0. The van der Waals surface area contributed by atoms with Crippen molar-refractivity contribution in [2.24, 2.45) is 11.8 Å². The summed E-state index contributed by atoms with van der Waals surface area (Å²) >= 11 is 6.35. The van der Waals surface area contributed by atoms with Crippen molar-refractivity contribution < 1.29 is 28.6 Å². The molecule has 1 saturated carbocycles. The molecule has 0 radical (unpaired) electrons. The van der Waals surface area contributed by atoms with E-state index in [1.807, 2.05) is 12.1 Å². The molecule has 8 heteroatoms. The lowest BCUT2D eigenvalue weighted by atomic mass is 9.70. The second kappa shape index (κ2) is 12.5. The fourth-order valence-electron chi connectivity index (χ4n) is 5.28. The van der Waals surface area contributed by atoms with Crippen molar-refractivity contribution in [1.82, 2.24) is 0 Å². The summed E-state index contributed by atoms with van der Waals surface area (Å²) < 4.78 is 16.6. The predicted octanol–water partition coefficient (Wildman–Crippen LogP) is 5.91. The van der Waals surface area contributed by atoms with Crippen molar-refractivity contribution in [2.45, 2.75) is 58.6 Å². The molecule has 2 aromatic carbocycles. The molecule has 202 valence electrons. The molecule has 0 saturated heterocycles. The van der Waals surface area contributed by atoms with Crippen LogP contribution in [0.25, 0.3) is 0 Å². The van der Waals surface area contributed by atoms with Gasteiger partial charge in [0.25, 0.3) is 0 Å². The third kappa shape index (κ3) is 6.76. The van der Waals surface area contributed by atoms with Crippen LogP contribution in [0.2, 0.25) is 5.02 Å². The lowest BCUT2D eigenvalue weighted by molar-refractivity contribution is -0.149. The summed E-state index contributed by atoms with van der Waals surface area (Å²) in [5, 5.41) is 0.699. The highest BCUT2D eigenvalue weighted by Gasteiger charge is 2.39. The Morgan fingerprint density at radius 1 is 1.11 bits per heavy atom. The van der Waals surface area contributed by atoms with Gasteiger partial charge >= 0.3 is 17.9 Å². The van der Waals surface area contributed by atoms with E-state index < -0.39 is 11.9 Å². The van der Waals surface area contributed by atoms with E-state index in [9.17, 15) is 14.4 Å². The van der Waals surface area contributed by atoms with E-state index in [0.717, 1.165) is 43.4 Å². The molecule has 0 N–H and O–H groups in total. The normalized spacial score (nSPS) is 19.8. The molecule has 2 aliphatic rings. The van der Waals surface area contributed by atoms with Gasteiger partial charge in [-0.1, -0.05) is 30.3 Å². The van der Waals surface area contributed by atoms with Gasteiger partial charge in [-0.15, -0.1) is 0 Å². The van der Waals surface area contributed by atoms with E-state index in [2.05, 4.69) is 17.5 Å². The summed E-state index contributed by atoms with van der Waals surface area (Å²) in [4.78, 5) is 37.9. The van der Waals surface area contributed by atoms with Crippen LogP contribution in [0.1, 0.15) is 61.0 Å². The molecular weight excluding hydrogens is 506 g/mol. The summed E-state index contributed by atoms with van der Waals surface area (Å²) in [5.74, 6) is -0.645. The second-order valence-corrected chi connectivity index (χ2v) is 10.4. The van der Waals surface area contributed by atoms with Crippen molar-refractivity contribution >= 4 is 35.2 Å². The maximum absolute atomic E-state index is 12.6. The molecule has 1 heterocycles. The van der Waals surface area contributed by atoms with Gasteiger partial charge in [-0.25, -0.2) is 4.79 Å².